The van der Waals surface area contributed by atoms with E-state index in [9.17, 15) is 13.6 Å². The van der Waals surface area contributed by atoms with Gasteiger partial charge in [0.15, 0.2) is 6.29 Å². The first-order valence-electron chi connectivity index (χ1n) is 3.25. The van der Waals surface area contributed by atoms with Gasteiger partial charge in [-0.25, -0.2) is 13.8 Å². The highest BCUT2D eigenvalue weighted by Crippen LogP contribution is 2.28. The van der Waals surface area contributed by atoms with Gasteiger partial charge < -0.3 is 5.73 Å². The van der Waals surface area contributed by atoms with Gasteiger partial charge in [0.25, 0.3) is 6.43 Å². The minimum atomic E-state index is -2.83. The highest BCUT2D eigenvalue weighted by Gasteiger charge is 2.18. The number of nitrogen functional groups attached to an aromatic ring is 1. The second kappa shape index (κ2) is 3.66. The minimum absolute atomic E-state index is 0.0796. The molecule has 13 heavy (non-hydrogen) atoms. The molecule has 1 heterocycles. The van der Waals surface area contributed by atoms with Crippen molar-refractivity contribution in [1.29, 1.82) is 0 Å². The van der Waals surface area contributed by atoms with Crippen molar-refractivity contribution in [2.24, 2.45) is 0 Å². The van der Waals surface area contributed by atoms with Gasteiger partial charge in [-0.15, -0.1) is 0 Å². The van der Waals surface area contributed by atoms with E-state index in [4.69, 9.17) is 17.3 Å². The first kappa shape index (κ1) is 9.85. The van der Waals surface area contributed by atoms with Crippen LogP contribution in [0, 0.1) is 0 Å². The van der Waals surface area contributed by atoms with Crippen molar-refractivity contribution in [1.82, 2.24) is 4.98 Å². The Bertz CT molecular complexity index is 344. The van der Waals surface area contributed by atoms with Crippen molar-refractivity contribution < 1.29 is 13.6 Å². The number of hydrogen-bond acceptors (Lipinski definition) is 3. The Balaban J connectivity index is 3.38. The third kappa shape index (κ3) is 1.92. The lowest BCUT2D eigenvalue weighted by molar-refractivity contribution is 0.110. The second-order valence-corrected chi connectivity index (χ2v) is 2.64. The number of alkyl halides is 2. The van der Waals surface area contributed by atoms with Gasteiger partial charge in [0, 0.05) is 5.69 Å². The molecule has 70 valence electrons. The molecule has 1 aromatic rings. The van der Waals surface area contributed by atoms with Gasteiger partial charge in [-0.1, -0.05) is 11.6 Å². The molecule has 0 unspecified atom stereocenters. The van der Waals surface area contributed by atoms with Crippen molar-refractivity contribution in [2.45, 2.75) is 6.43 Å². The number of nitrogens with zero attached hydrogens (tertiary/aromatic N) is 1. The van der Waals surface area contributed by atoms with Gasteiger partial charge in [0.1, 0.15) is 10.8 Å². The Morgan fingerprint density at radius 3 is 2.69 bits per heavy atom. The average molecular weight is 207 g/mol. The first-order valence-corrected chi connectivity index (χ1v) is 3.63. The summed E-state index contributed by atoms with van der Waals surface area (Å²) in [6.07, 6.45) is -2.63. The summed E-state index contributed by atoms with van der Waals surface area (Å²) in [7, 11) is 0. The van der Waals surface area contributed by atoms with Crippen molar-refractivity contribution in [2.75, 3.05) is 5.73 Å². The summed E-state index contributed by atoms with van der Waals surface area (Å²) >= 11 is 5.41. The fourth-order valence-electron chi connectivity index (χ4n) is 0.889. The van der Waals surface area contributed by atoms with E-state index in [2.05, 4.69) is 4.98 Å². The zero-order chi connectivity index (χ0) is 10.0. The van der Waals surface area contributed by atoms with Crippen LogP contribution in [0.15, 0.2) is 6.07 Å². The minimum Gasteiger partial charge on any atom is -0.398 e. The second-order valence-electron chi connectivity index (χ2n) is 2.25. The topological polar surface area (TPSA) is 56.0 Å². The maximum absolute atomic E-state index is 12.3. The first-order chi connectivity index (χ1) is 6.06. The van der Waals surface area contributed by atoms with Gasteiger partial charge in [-0.05, 0) is 6.07 Å². The molecule has 0 fully saturated rings. The quantitative estimate of drug-likeness (QED) is 0.595. The summed E-state index contributed by atoms with van der Waals surface area (Å²) < 4.78 is 24.6. The van der Waals surface area contributed by atoms with Gasteiger partial charge >= 0.3 is 0 Å². The number of nitrogens with two attached hydrogens (primary N) is 1. The summed E-state index contributed by atoms with van der Waals surface area (Å²) in [6, 6.07) is 1.08. The normalized spacial score (nSPS) is 10.5. The zero-order valence-electron chi connectivity index (χ0n) is 6.30. The van der Waals surface area contributed by atoms with Crippen molar-refractivity contribution in [3.63, 3.8) is 0 Å². The molecule has 0 atom stereocenters. The van der Waals surface area contributed by atoms with Crippen molar-refractivity contribution >= 4 is 23.6 Å². The Kier molecular flexibility index (Phi) is 2.77. The molecule has 3 nitrogen and oxygen atoms in total. The van der Waals surface area contributed by atoms with E-state index in [1.54, 1.807) is 0 Å². The Morgan fingerprint density at radius 2 is 2.23 bits per heavy atom. The van der Waals surface area contributed by atoms with Crippen LogP contribution in [0.25, 0.3) is 0 Å². The third-order valence-corrected chi connectivity index (χ3v) is 1.61. The van der Waals surface area contributed by atoms with Crippen LogP contribution in [0.5, 0.6) is 0 Å². The SMILES string of the molecule is Nc1cc(Cl)nc(C=O)c1C(F)F. The van der Waals surface area contributed by atoms with E-state index >= 15 is 0 Å². The van der Waals surface area contributed by atoms with E-state index in [0.717, 1.165) is 6.07 Å². The number of halogens is 3. The molecule has 6 heteroatoms. The fourth-order valence-corrected chi connectivity index (χ4v) is 1.10. The van der Waals surface area contributed by atoms with E-state index < -0.39 is 17.7 Å². The molecule has 0 saturated heterocycles. The number of rotatable bonds is 2. The van der Waals surface area contributed by atoms with E-state index in [0.29, 0.717) is 0 Å². The van der Waals surface area contributed by atoms with Gasteiger partial charge in [0.05, 0.1) is 5.56 Å². The smallest absolute Gasteiger partial charge is 0.268 e. The molecule has 0 aliphatic heterocycles. The highest BCUT2D eigenvalue weighted by molar-refractivity contribution is 6.29. The molecule has 0 aliphatic rings. The molecule has 0 radical (unpaired) electrons. The third-order valence-electron chi connectivity index (χ3n) is 1.42. The number of carbonyl (C=O) groups is 1. The van der Waals surface area contributed by atoms with Gasteiger partial charge in [-0.2, -0.15) is 0 Å². The van der Waals surface area contributed by atoms with E-state index in [1.807, 2.05) is 0 Å². The fraction of sp³-hybridized carbons (Fsp3) is 0.143. The lowest BCUT2D eigenvalue weighted by atomic mass is 10.2. The predicted octanol–water partition coefficient (Wildman–Crippen LogP) is 2.07. The van der Waals surface area contributed by atoms with Crippen LogP contribution < -0.4 is 5.73 Å². The molecule has 0 aromatic carbocycles. The van der Waals surface area contributed by atoms with Crippen LogP contribution in [-0.2, 0) is 0 Å². The molecule has 0 spiro atoms. The number of anilines is 1. The number of aromatic nitrogens is 1. The predicted molar refractivity (Wildman–Crippen MR) is 44.0 cm³/mol. The number of aldehydes is 1. The van der Waals surface area contributed by atoms with Crippen LogP contribution >= 0.6 is 11.6 Å². The van der Waals surface area contributed by atoms with Crippen molar-refractivity contribution in [3.05, 3.63) is 22.5 Å². The largest absolute Gasteiger partial charge is 0.398 e. The average Bonchev–Trinajstić information content (AvgIpc) is 2.01. The zero-order valence-corrected chi connectivity index (χ0v) is 7.05. The van der Waals surface area contributed by atoms with Crippen LogP contribution in [-0.4, -0.2) is 11.3 Å². The molecule has 0 amide bonds. The summed E-state index contributed by atoms with van der Waals surface area (Å²) in [6.45, 7) is 0. The molecule has 1 rings (SSSR count). The Labute approximate surface area is 77.5 Å². The Morgan fingerprint density at radius 1 is 1.62 bits per heavy atom. The van der Waals surface area contributed by atoms with Gasteiger partial charge in [-0.3, -0.25) is 4.79 Å². The van der Waals surface area contributed by atoms with Crippen LogP contribution in [0.4, 0.5) is 14.5 Å². The summed E-state index contributed by atoms with van der Waals surface area (Å²) in [5.41, 5.74) is 4.02. The van der Waals surface area contributed by atoms with Crippen LogP contribution in [0.3, 0.4) is 0 Å². The van der Waals surface area contributed by atoms with Crippen LogP contribution in [0.1, 0.15) is 22.5 Å². The number of hydrogen-bond donors (Lipinski definition) is 1. The highest BCUT2D eigenvalue weighted by atomic mass is 35.5. The van der Waals surface area contributed by atoms with Crippen LogP contribution in [0.2, 0.25) is 5.15 Å². The van der Waals surface area contributed by atoms with Gasteiger partial charge in [0.2, 0.25) is 0 Å². The summed E-state index contributed by atoms with van der Waals surface area (Å²) in [5, 5.41) is -0.0796. The summed E-state index contributed by atoms with van der Waals surface area (Å²) in [5.74, 6) is 0. The summed E-state index contributed by atoms with van der Waals surface area (Å²) in [4.78, 5) is 13.7. The van der Waals surface area contributed by atoms with Crippen molar-refractivity contribution in [3.8, 4) is 0 Å². The lowest BCUT2D eigenvalue weighted by Crippen LogP contribution is -2.03. The molecule has 0 bridgehead atoms. The maximum atomic E-state index is 12.3. The van der Waals surface area contributed by atoms with E-state index in [-0.39, 0.29) is 17.1 Å². The standard InChI is InChI=1S/C7H5ClF2N2O/c8-5-1-3(11)6(7(9)10)4(2-13)12-5/h1-2,7H,(H2,11,12). The molecule has 1 aromatic heterocycles. The molecule has 0 aliphatic carbocycles. The molecule has 2 N–H and O–H groups in total. The molecular weight excluding hydrogens is 202 g/mol. The number of pyridine rings is 1. The number of carbonyl (C=O) groups excluding carboxylic acids is 1. The molecular formula is C7H5ClF2N2O. The monoisotopic (exact) mass is 206 g/mol. The maximum Gasteiger partial charge on any atom is 0.268 e. The lowest BCUT2D eigenvalue weighted by Gasteiger charge is -2.06. The Hall–Kier alpha value is -1.23. The van der Waals surface area contributed by atoms with E-state index in [1.165, 1.54) is 0 Å². The molecule has 0 saturated carbocycles.